The molecule has 0 bridgehead atoms. The van der Waals surface area contributed by atoms with Crippen LogP contribution in [0.1, 0.15) is 60.3 Å². The summed E-state index contributed by atoms with van der Waals surface area (Å²) in [6.07, 6.45) is 3.11. The maximum atomic E-state index is 12.0. The number of rotatable bonds is 12. The number of allylic oxidation sites excluding steroid dienone is 4. The van der Waals surface area contributed by atoms with Gasteiger partial charge in [0.15, 0.2) is 0 Å². The minimum Gasteiger partial charge on any atom is -0.379 e. The Hall–Kier alpha value is -0.970. The van der Waals surface area contributed by atoms with E-state index in [9.17, 15) is 4.79 Å². The zero-order valence-corrected chi connectivity index (χ0v) is 16.2. The van der Waals surface area contributed by atoms with Crippen LogP contribution < -0.4 is 5.73 Å². The molecule has 0 aliphatic heterocycles. The number of nitrogens with two attached hydrogens (primary N) is 1. The van der Waals surface area contributed by atoms with Gasteiger partial charge in [0.05, 0.1) is 26.4 Å². The molecule has 0 saturated heterocycles. The van der Waals surface area contributed by atoms with E-state index in [0.717, 1.165) is 12.8 Å². The van der Waals surface area contributed by atoms with Crippen LogP contribution in [0.3, 0.4) is 0 Å². The molecule has 0 aromatic rings. The minimum absolute atomic E-state index is 0.130. The zero-order valence-electron chi connectivity index (χ0n) is 16.2. The Balaban J connectivity index is 2.22. The lowest BCUT2D eigenvalue weighted by Gasteiger charge is -2.29. The lowest BCUT2D eigenvalue weighted by molar-refractivity contribution is -0.120. The molecule has 1 rings (SSSR count). The van der Waals surface area contributed by atoms with Crippen LogP contribution in [0, 0.1) is 5.41 Å². The first-order valence-corrected chi connectivity index (χ1v) is 9.08. The van der Waals surface area contributed by atoms with E-state index in [1.165, 1.54) is 22.3 Å². The van der Waals surface area contributed by atoms with Crippen molar-refractivity contribution in [2.75, 3.05) is 33.0 Å². The first-order chi connectivity index (χ1) is 11.3. The number of Topliss-reactive ketones (excluding diaryl/α,β-unsaturated/α-hetero) is 1. The second kappa shape index (κ2) is 10.1. The van der Waals surface area contributed by atoms with Gasteiger partial charge in [0.25, 0.3) is 0 Å². The summed E-state index contributed by atoms with van der Waals surface area (Å²) >= 11 is 0. The van der Waals surface area contributed by atoms with E-state index in [2.05, 4.69) is 34.6 Å². The monoisotopic (exact) mass is 337 g/mol. The van der Waals surface area contributed by atoms with Crippen molar-refractivity contribution in [1.82, 2.24) is 0 Å². The van der Waals surface area contributed by atoms with Crippen LogP contribution >= 0.6 is 0 Å². The van der Waals surface area contributed by atoms with Gasteiger partial charge in [-0.2, -0.15) is 0 Å². The van der Waals surface area contributed by atoms with E-state index in [1.807, 2.05) is 0 Å². The third-order valence-corrected chi connectivity index (χ3v) is 5.63. The van der Waals surface area contributed by atoms with Crippen molar-refractivity contribution >= 4 is 5.78 Å². The van der Waals surface area contributed by atoms with E-state index in [1.54, 1.807) is 0 Å². The van der Waals surface area contributed by atoms with Gasteiger partial charge in [-0.05, 0) is 51.7 Å². The van der Waals surface area contributed by atoms with Crippen LogP contribution in [0.15, 0.2) is 22.3 Å². The molecular weight excluding hydrogens is 302 g/mol. The molecule has 0 saturated carbocycles. The summed E-state index contributed by atoms with van der Waals surface area (Å²) in [5.41, 5.74) is 11.2. The van der Waals surface area contributed by atoms with Crippen molar-refractivity contribution < 1.29 is 14.3 Å². The Morgan fingerprint density at radius 2 is 1.46 bits per heavy atom. The van der Waals surface area contributed by atoms with Crippen LogP contribution in [0.2, 0.25) is 0 Å². The van der Waals surface area contributed by atoms with E-state index < -0.39 is 0 Å². The van der Waals surface area contributed by atoms with Crippen LogP contribution in [-0.4, -0.2) is 38.8 Å². The number of hydrogen-bond donors (Lipinski definition) is 1. The molecular formula is C20H35NO3. The average molecular weight is 338 g/mol. The molecule has 138 valence electrons. The number of ether oxygens (including phenoxy) is 2. The highest BCUT2D eigenvalue weighted by molar-refractivity contribution is 5.78. The molecule has 24 heavy (non-hydrogen) atoms. The molecule has 0 heterocycles. The summed E-state index contributed by atoms with van der Waals surface area (Å²) in [7, 11) is 0. The highest BCUT2D eigenvalue weighted by Crippen LogP contribution is 2.49. The molecule has 0 atom stereocenters. The largest absolute Gasteiger partial charge is 0.379 e. The number of ketones is 1. The summed E-state index contributed by atoms with van der Waals surface area (Å²) in [4.78, 5) is 12.0. The lowest BCUT2D eigenvalue weighted by atomic mass is 9.75. The highest BCUT2D eigenvalue weighted by Gasteiger charge is 2.35. The van der Waals surface area contributed by atoms with Gasteiger partial charge in [-0.3, -0.25) is 4.79 Å². The van der Waals surface area contributed by atoms with E-state index in [4.69, 9.17) is 15.2 Å². The van der Waals surface area contributed by atoms with E-state index in [-0.39, 0.29) is 11.2 Å². The highest BCUT2D eigenvalue weighted by atomic mass is 16.5. The standard InChI is InChI=1S/C20H35NO3/c1-15-16(2)18(4)20(5,17(15)3)9-6-7-19(22)8-11-23-13-14-24-12-10-21/h6-14,21H2,1-5H3. The molecule has 1 aliphatic carbocycles. The Bertz CT molecular complexity index is 467. The molecule has 4 heteroatoms. The lowest BCUT2D eigenvalue weighted by Crippen LogP contribution is -2.18. The maximum absolute atomic E-state index is 12.0. The molecule has 2 N–H and O–H groups in total. The molecule has 0 radical (unpaired) electrons. The van der Waals surface area contributed by atoms with Crippen molar-refractivity contribution in [1.29, 1.82) is 0 Å². The molecule has 4 nitrogen and oxygen atoms in total. The minimum atomic E-state index is 0.130. The van der Waals surface area contributed by atoms with Gasteiger partial charge in [-0.15, -0.1) is 0 Å². The predicted molar refractivity (Wildman–Crippen MR) is 99.0 cm³/mol. The fraction of sp³-hybridized carbons (Fsp3) is 0.750. The zero-order chi connectivity index (χ0) is 18.2. The van der Waals surface area contributed by atoms with Crippen LogP contribution in [-0.2, 0) is 14.3 Å². The smallest absolute Gasteiger partial charge is 0.135 e. The average Bonchev–Trinajstić information content (AvgIpc) is 2.70. The first-order valence-electron chi connectivity index (χ1n) is 9.08. The van der Waals surface area contributed by atoms with Crippen LogP contribution in [0.5, 0.6) is 0 Å². The number of hydrogen-bond acceptors (Lipinski definition) is 4. The second-order valence-electron chi connectivity index (χ2n) is 6.99. The van der Waals surface area contributed by atoms with Gasteiger partial charge in [0, 0.05) is 24.8 Å². The molecule has 0 amide bonds. The van der Waals surface area contributed by atoms with Gasteiger partial charge < -0.3 is 15.2 Å². The van der Waals surface area contributed by atoms with Gasteiger partial charge in [-0.25, -0.2) is 0 Å². The van der Waals surface area contributed by atoms with Crippen molar-refractivity contribution in [3.05, 3.63) is 22.3 Å². The second-order valence-corrected chi connectivity index (χ2v) is 6.99. The quantitative estimate of drug-likeness (QED) is 0.550. The molecule has 0 spiro atoms. The van der Waals surface area contributed by atoms with E-state index in [0.29, 0.717) is 45.8 Å². The number of carbonyl (C=O) groups excluding carboxylic acids is 1. The third-order valence-electron chi connectivity index (χ3n) is 5.63. The maximum Gasteiger partial charge on any atom is 0.135 e. The van der Waals surface area contributed by atoms with Crippen LogP contribution in [0.25, 0.3) is 0 Å². The van der Waals surface area contributed by atoms with Gasteiger partial charge in [0.2, 0.25) is 0 Å². The predicted octanol–water partition coefficient (Wildman–Crippen LogP) is 3.80. The Labute approximate surface area is 147 Å². The van der Waals surface area contributed by atoms with Gasteiger partial charge >= 0.3 is 0 Å². The summed E-state index contributed by atoms with van der Waals surface area (Å²) < 4.78 is 10.6. The SMILES string of the molecule is CC1=C(C)C(C)(CCCC(=O)CCOCCOCCN)C(C)=C1C. The summed E-state index contributed by atoms with van der Waals surface area (Å²) in [6, 6.07) is 0. The first kappa shape index (κ1) is 21.1. The van der Waals surface area contributed by atoms with E-state index >= 15 is 0 Å². The van der Waals surface area contributed by atoms with Crippen molar-refractivity contribution in [2.24, 2.45) is 11.1 Å². The summed E-state index contributed by atoms with van der Waals surface area (Å²) in [5.74, 6) is 0.288. The topological polar surface area (TPSA) is 61.5 Å². The van der Waals surface area contributed by atoms with Crippen molar-refractivity contribution in [3.8, 4) is 0 Å². The molecule has 0 fully saturated rings. The Morgan fingerprint density at radius 3 is 2.00 bits per heavy atom. The molecule has 1 aliphatic rings. The van der Waals surface area contributed by atoms with Gasteiger partial charge in [0.1, 0.15) is 5.78 Å². The normalized spacial score (nSPS) is 17.1. The number of carbonyl (C=O) groups is 1. The van der Waals surface area contributed by atoms with Gasteiger partial charge in [-0.1, -0.05) is 18.1 Å². The fourth-order valence-corrected chi connectivity index (χ4v) is 3.40. The summed E-state index contributed by atoms with van der Waals surface area (Å²) in [5, 5.41) is 0. The third kappa shape index (κ3) is 5.54. The van der Waals surface area contributed by atoms with Crippen LogP contribution in [0.4, 0.5) is 0 Å². The summed E-state index contributed by atoms with van der Waals surface area (Å²) in [6.45, 7) is 13.8. The Kier molecular flexibility index (Phi) is 8.88. The Morgan fingerprint density at radius 1 is 0.917 bits per heavy atom. The molecule has 0 aromatic heterocycles. The molecule has 0 aromatic carbocycles. The van der Waals surface area contributed by atoms with Crippen molar-refractivity contribution in [3.63, 3.8) is 0 Å². The molecule has 0 unspecified atom stereocenters. The van der Waals surface area contributed by atoms with Crippen molar-refractivity contribution in [2.45, 2.75) is 60.3 Å². The fourth-order valence-electron chi connectivity index (χ4n) is 3.40.